The van der Waals surface area contributed by atoms with Gasteiger partial charge in [0.25, 0.3) is 10.0 Å². The van der Waals surface area contributed by atoms with Crippen molar-refractivity contribution in [1.29, 1.82) is 0 Å². The third-order valence-electron chi connectivity index (χ3n) is 3.03. The van der Waals surface area contributed by atoms with Gasteiger partial charge in [-0.15, -0.1) is 0 Å². The molecular formula is C15H16N2O4S. The van der Waals surface area contributed by atoms with E-state index in [2.05, 4.69) is 4.72 Å². The Kier molecular flexibility index (Phi) is 4.37. The Balaban J connectivity index is 2.35. The van der Waals surface area contributed by atoms with Gasteiger partial charge in [-0.3, -0.25) is 9.52 Å². The summed E-state index contributed by atoms with van der Waals surface area (Å²) in [7, 11) is -2.39. The second kappa shape index (κ2) is 6.07. The van der Waals surface area contributed by atoms with Crippen LogP contribution < -0.4 is 15.2 Å². The molecule has 0 unspecified atom stereocenters. The molecule has 0 saturated heterocycles. The number of aryl methyl sites for hydroxylation is 1. The summed E-state index contributed by atoms with van der Waals surface area (Å²) in [5, 5.41) is 0. The van der Waals surface area contributed by atoms with Crippen LogP contribution in [0.1, 0.15) is 15.9 Å². The number of hydrogen-bond donors (Lipinski definition) is 2. The Morgan fingerprint density at radius 2 is 1.77 bits per heavy atom. The minimum absolute atomic E-state index is 0.0500. The van der Waals surface area contributed by atoms with E-state index in [-0.39, 0.29) is 10.6 Å². The van der Waals surface area contributed by atoms with Crippen molar-refractivity contribution in [2.24, 2.45) is 5.73 Å². The molecule has 2 aromatic carbocycles. The Bertz CT molecular complexity index is 799. The number of ether oxygens (including phenoxy) is 1. The minimum atomic E-state index is -3.80. The van der Waals surface area contributed by atoms with Crippen LogP contribution in [0.2, 0.25) is 0 Å². The van der Waals surface area contributed by atoms with E-state index in [4.69, 9.17) is 10.5 Å². The smallest absolute Gasteiger partial charge is 0.265 e. The molecule has 6 nitrogen and oxygen atoms in total. The van der Waals surface area contributed by atoms with Crippen LogP contribution in [0, 0.1) is 6.92 Å². The number of anilines is 1. The predicted octanol–water partition coefficient (Wildman–Crippen LogP) is 1.90. The lowest BCUT2D eigenvalue weighted by molar-refractivity contribution is 0.100. The van der Waals surface area contributed by atoms with Crippen LogP contribution in [0.5, 0.6) is 5.75 Å². The molecule has 0 atom stereocenters. The Hall–Kier alpha value is -2.54. The molecule has 0 aromatic heterocycles. The zero-order chi connectivity index (χ0) is 16.3. The van der Waals surface area contributed by atoms with Gasteiger partial charge >= 0.3 is 0 Å². The highest BCUT2D eigenvalue weighted by Crippen LogP contribution is 2.26. The van der Waals surface area contributed by atoms with Crippen molar-refractivity contribution in [3.05, 3.63) is 53.6 Å². The Morgan fingerprint density at radius 1 is 1.14 bits per heavy atom. The number of carbonyl (C=O) groups is 1. The van der Waals surface area contributed by atoms with E-state index in [1.165, 1.54) is 37.4 Å². The van der Waals surface area contributed by atoms with Gasteiger partial charge in [-0.05, 0) is 48.9 Å². The summed E-state index contributed by atoms with van der Waals surface area (Å²) in [6.07, 6.45) is 0. The van der Waals surface area contributed by atoms with Gasteiger partial charge in [0.05, 0.1) is 7.11 Å². The number of methoxy groups -OCH3 is 1. The lowest BCUT2D eigenvalue weighted by Gasteiger charge is -2.12. The fraction of sp³-hybridized carbons (Fsp3) is 0.133. The molecule has 116 valence electrons. The van der Waals surface area contributed by atoms with E-state index in [0.29, 0.717) is 11.3 Å². The molecule has 0 spiro atoms. The number of nitrogens with two attached hydrogens (primary N) is 1. The number of benzene rings is 2. The van der Waals surface area contributed by atoms with Crippen LogP contribution in [0.4, 0.5) is 5.69 Å². The zero-order valence-electron chi connectivity index (χ0n) is 12.2. The van der Waals surface area contributed by atoms with Gasteiger partial charge in [-0.25, -0.2) is 8.42 Å². The SMILES string of the molecule is COc1ccc(C)cc1S(=O)(=O)Nc1ccc(C(N)=O)cc1. The first kappa shape index (κ1) is 15.8. The average Bonchev–Trinajstić information content (AvgIpc) is 2.47. The molecule has 1 amide bonds. The van der Waals surface area contributed by atoms with Crippen LogP contribution in [-0.4, -0.2) is 21.4 Å². The lowest BCUT2D eigenvalue weighted by atomic mass is 10.2. The summed E-state index contributed by atoms with van der Waals surface area (Å²) >= 11 is 0. The van der Waals surface area contributed by atoms with Gasteiger partial charge in [0, 0.05) is 11.3 Å². The van der Waals surface area contributed by atoms with E-state index in [0.717, 1.165) is 5.56 Å². The lowest BCUT2D eigenvalue weighted by Crippen LogP contribution is -2.15. The van der Waals surface area contributed by atoms with E-state index in [9.17, 15) is 13.2 Å². The summed E-state index contributed by atoms with van der Waals surface area (Å²) in [6.45, 7) is 1.79. The van der Waals surface area contributed by atoms with Crippen molar-refractivity contribution < 1.29 is 17.9 Å². The number of nitrogens with one attached hydrogen (secondary N) is 1. The number of rotatable bonds is 5. The highest BCUT2D eigenvalue weighted by molar-refractivity contribution is 7.92. The number of sulfonamides is 1. The van der Waals surface area contributed by atoms with Crippen molar-refractivity contribution in [1.82, 2.24) is 0 Å². The Labute approximate surface area is 129 Å². The molecule has 0 bridgehead atoms. The second-order valence-electron chi connectivity index (χ2n) is 4.70. The topological polar surface area (TPSA) is 98.5 Å². The molecule has 0 fully saturated rings. The highest BCUT2D eigenvalue weighted by Gasteiger charge is 2.19. The average molecular weight is 320 g/mol. The summed E-state index contributed by atoms with van der Waals surface area (Å²) < 4.78 is 32.5. The maximum atomic E-state index is 12.5. The summed E-state index contributed by atoms with van der Waals surface area (Å²) in [4.78, 5) is 11.1. The maximum Gasteiger partial charge on any atom is 0.265 e. The molecule has 3 N–H and O–H groups in total. The summed E-state index contributed by atoms with van der Waals surface area (Å²) in [5.41, 5.74) is 6.57. The summed E-state index contributed by atoms with van der Waals surface area (Å²) in [5.74, 6) is -0.318. The quantitative estimate of drug-likeness (QED) is 0.879. The molecule has 0 radical (unpaired) electrons. The van der Waals surface area contributed by atoms with Crippen molar-refractivity contribution in [3.8, 4) is 5.75 Å². The standard InChI is InChI=1S/C15H16N2O4S/c1-10-3-8-13(21-2)14(9-10)22(19,20)17-12-6-4-11(5-7-12)15(16)18/h3-9,17H,1-2H3,(H2,16,18). The van der Waals surface area contributed by atoms with Gasteiger partial charge in [-0.2, -0.15) is 0 Å². The molecule has 0 saturated carbocycles. The van der Waals surface area contributed by atoms with Crippen LogP contribution in [0.15, 0.2) is 47.4 Å². The molecule has 7 heteroatoms. The second-order valence-corrected chi connectivity index (χ2v) is 6.35. The number of carbonyl (C=O) groups excluding carboxylic acids is 1. The maximum absolute atomic E-state index is 12.5. The van der Waals surface area contributed by atoms with Crippen molar-refractivity contribution in [2.45, 2.75) is 11.8 Å². The minimum Gasteiger partial charge on any atom is -0.495 e. The monoisotopic (exact) mass is 320 g/mol. The van der Waals surface area contributed by atoms with E-state index < -0.39 is 15.9 Å². The first-order chi connectivity index (χ1) is 10.3. The third-order valence-corrected chi connectivity index (χ3v) is 4.43. The molecule has 0 heterocycles. The van der Waals surface area contributed by atoms with Crippen LogP contribution in [0.3, 0.4) is 0 Å². The molecule has 2 rings (SSSR count). The van der Waals surface area contributed by atoms with Crippen molar-refractivity contribution in [2.75, 3.05) is 11.8 Å². The fourth-order valence-corrected chi connectivity index (χ4v) is 3.22. The molecule has 0 aliphatic heterocycles. The van der Waals surface area contributed by atoms with E-state index >= 15 is 0 Å². The molecule has 2 aromatic rings. The van der Waals surface area contributed by atoms with Gasteiger partial charge in [0.1, 0.15) is 10.6 Å². The first-order valence-corrected chi connectivity index (χ1v) is 7.89. The highest BCUT2D eigenvalue weighted by atomic mass is 32.2. The molecule has 0 aliphatic rings. The van der Waals surface area contributed by atoms with E-state index in [1.807, 2.05) is 0 Å². The van der Waals surface area contributed by atoms with Gasteiger partial charge < -0.3 is 10.5 Å². The van der Waals surface area contributed by atoms with Gasteiger partial charge in [0.15, 0.2) is 0 Å². The van der Waals surface area contributed by atoms with Crippen LogP contribution >= 0.6 is 0 Å². The number of hydrogen-bond acceptors (Lipinski definition) is 4. The summed E-state index contributed by atoms with van der Waals surface area (Å²) in [6, 6.07) is 10.7. The third kappa shape index (κ3) is 3.37. The van der Waals surface area contributed by atoms with Crippen molar-refractivity contribution in [3.63, 3.8) is 0 Å². The molecule has 0 aliphatic carbocycles. The molecule has 22 heavy (non-hydrogen) atoms. The molecular weight excluding hydrogens is 304 g/mol. The zero-order valence-corrected chi connectivity index (χ0v) is 13.0. The van der Waals surface area contributed by atoms with Gasteiger partial charge in [-0.1, -0.05) is 6.07 Å². The normalized spacial score (nSPS) is 11.0. The van der Waals surface area contributed by atoms with Gasteiger partial charge in [0.2, 0.25) is 5.91 Å². The number of primary amides is 1. The van der Waals surface area contributed by atoms with Crippen LogP contribution in [0.25, 0.3) is 0 Å². The fourth-order valence-electron chi connectivity index (χ4n) is 1.91. The van der Waals surface area contributed by atoms with Crippen molar-refractivity contribution >= 4 is 21.6 Å². The Morgan fingerprint density at radius 3 is 2.32 bits per heavy atom. The van der Waals surface area contributed by atoms with E-state index in [1.54, 1.807) is 19.1 Å². The predicted molar refractivity (Wildman–Crippen MR) is 83.5 cm³/mol. The largest absolute Gasteiger partial charge is 0.495 e. The van der Waals surface area contributed by atoms with Crippen LogP contribution in [-0.2, 0) is 10.0 Å². The number of amides is 1. The first-order valence-electron chi connectivity index (χ1n) is 6.41.